The molecule has 108 valence electrons. The van der Waals surface area contributed by atoms with Crippen LogP contribution in [0.3, 0.4) is 0 Å². The Morgan fingerprint density at radius 2 is 1.67 bits per heavy atom. The van der Waals surface area contributed by atoms with Crippen LogP contribution in [0.15, 0.2) is 53.4 Å². The van der Waals surface area contributed by atoms with Crippen molar-refractivity contribution in [1.82, 2.24) is 0 Å². The van der Waals surface area contributed by atoms with E-state index >= 15 is 0 Å². The molecule has 0 aliphatic carbocycles. The zero-order chi connectivity index (χ0) is 15.5. The van der Waals surface area contributed by atoms with Gasteiger partial charge in [0.2, 0.25) is 0 Å². The van der Waals surface area contributed by atoms with Crippen LogP contribution in [-0.2, 0) is 10.1 Å². The first kappa shape index (κ1) is 15.0. The van der Waals surface area contributed by atoms with Crippen LogP contribution in [0.25, 0.3) is 12.2 Å². The van der Waals surface area contributed by atoms with E-state index in [1.54, 1.807) is 6.08 Å². The van der Waals surface area contributed by atoms with Gasteiger partial charge in [-0.15, -0.1) is 0 Å². The molecule has 0 atom stereocenters. The minimum atomic E-state index is -4.51. The molecule has 0 unspecified atom stereocenters. The molecular formula is C15H12O5S. The summed E-state index contributed by atoms with van der Waals surface area (Å²) < 4.78 is 32.0. The van der Waals surface area contributed by atoms with Gasteiger partial charge in [-0.1, -0.05) is 48.6 Å². The topological polar surface area (TPSA) is 91.7 Å². The summed E-state index contributed by atoms with van der Waals surface area (Å²) in [5.74, 6) is -1.27. The Morgan fingerprint density at radius 3 is 2.24 bits per heavy atom. The van der Waals surface area contributed by atoms with E-state index in [2.05, 4.69) is 0 Å². The summed E-state index contributed by atoms with van der Waals surface area (Å²) in [6, 6.07) is 12.7. The number of carboxylic acids is 1. The van der Waals surface area contributed by atoms with Crippen LogP contribution in [0.1, 0.15) is 21.5 Å². The lowest BCUT2D eigenvalue weighted by atomic mass is 10.1. The molecule has 0 spiro atoms. The minimum absolute atomic E-state index is 0.209. The average molecular weight is 304 g/mol. The van der Waals surface area contributed by atoms with Crippen molar-refractivity contribution in [3.63, 3.8) is 0 Å². The van der Waals surface area contributed by atoms with E-state index in [1.807, 2.05) is 30.3 Å². The van der Waals surface area contributed by atoms with Gasteiger partial charge in [0.05, 0.1) is 5.56 Å². The molecule has 6 heteroatoms. The standard InChI is InChI=1S/C15H12O5S/c16-15(17)13-9-8-12(14(10-13)21(18,19)20)7-6-11-4-2-1-3-5-11/h1-10H,(H,16,17)(H,18,19,20)/b7-6+. The van der Waals surface area contributed by atoms with Crippen LogP contribution in [0.5, 0.6) is 0 Å². The lowest BCUT2D eigenvalue weighted by Crippen LogP contribution is -2.04. The van der Waals surface area contributed by atoms with Gasteiger partial charge >= 0.3 is 5.97 Å². The second kappa shape index (κ2) is 5.90. The molecule has 2 aromatic rings. The SMILES string of the molecule is O=C(O)c1ccc(/C=C/c2ccccc2)c(S(=O)(=O)O)c1. The van der Waals surface area contributed by atoms with Crippen molar-refractivity contribution in [2.45, 2.75) is 4.90 Å². The molecule has 0 aliphatic rings. The summed E-state index contributed by atoms with van der Waals surface area (Å²) in [7, 11) is -4.51. The van der Waals surface area contributed by atoms with Crippen LogP contribution in [0, 0.1) is 0 Å². The fourth-order valence-corrected chi connectivity index (χ4v) is 2.49. The monoisotopic (exact) mass is 304 g/mol. The largest absolute Gasteiger partial charge is 0.478 e. The van der Waals surface area contributed by atoms with E-state index < -0.39 is 21.0 Å². The van der Waals surface area contributed by atoms with Crippen molar-refractivity contribution in [3.8, 4) is 0 Å². The number of rotatable bonds is 4. The van der Waals surface area contributed by atoms with E-state index in [0.717, 1.165) is 11.6 Å². The molecule has 21 heavy (non-hydrogen) atoms. The van der Waals surface area contributed by atoms with E-state index in [9.17, 15) is 17.8 Å². The van der Waals surface area contributed by atoms with Gasteiger partial charge in [0.15, 0.2) is 0 Å². The highest BCUT2D eigenvalue weighted by atomic mass is 32.2. The van der Waals surface area contributed by atoms with Gasteiger partial charge in [-0.3, -0.25) is 4.55 Å². The molecule has 2 rings (SSSR count). The van der Waals surface area contributed by atoms with Gasteiger partial charge < -0.3 is 5.11 Å². The van der Waals surface area contributed by atoms with Gasteiger partial charge in [0, 0.05) is 0 Å². The van der Waals surface area contributed by atoms with Crippen LogP contribution in [0.2, 0.25) is 0 Å². The predicted octanol–water partition coefficient (Wildman–Crippen LogP) is 2.80. The summed E-state index contributed by atoms with van der Waals surface area (Å²) in [6.45, 7) is 0. The summed E-state index contributed by atoms with van der Waals surface area (Å²) in [5.41, 5.74) is 0.854. The van der Waals surface area contributed by atoms with Crippen LogP contribution >= 0.6 is 0 Å². The maximum Gasteiger partial charge on any atom is 0.335 e. The molecule has 0 radical (unpaired) electrons. The van der Waals surface area contributed by atoms with Gasteiger partial charge in [-0.2, -0.15) is 8.42 Å². The van der Waals surface area contributed by atoms with Crippen molar-refractivity contribution in [3.05, 3.63) is 65.2 Å². The Hall–Kier alpha value is -2.44. The Labute approximate surface area is 121 Å². The third-order valence-corrected chi connectivity index (χ3v) is 3.70. The first-order valence-electron chi connectivity index (χ1n) is 5.96. The average Bonchev–Trinajstić information content (AvgIpc) is 2.45. The van der Waals surface area contributed by atoms with Crippen molar-refractivity contribution in [2.75, 3.05) is 0 Å². The highest BCUT2D eigenvalue weighted by Crippen LogP contribution is 2.20. The molecule has 2 N–H and O–H groups in total. The minimum Gasteiger partial charge on any atom is -0.478 e. The molecular weight excluding hydrogens is 292 g/mol. The van der Waals surface area contributed by atoms with Crippen molar-refractivity contribution >= 4 is 28.2 Å². The van der Waals surface area contributed by atoms with Crippen molar-refractivity contribution < 1.29 is 22.9 Å². The number of aromatic carboxylic acids is 1. The van der Waals surface area contributed by atoms with E-state index in [0.29, 0.717) is 0 Å². The Bertz CT molecular complexity index is 792. The highest BCUT2D eigenvalue weighted by Gasteiger charge is 2.16. The first-order valence-corrected chi connectivity index (χ1v) is 7.40. The van der Waals surface area contributed by atoms with Crippen LogP contribution < -0.4 is 0 Å². The summed E-state index contributed by atoms with van der Waals surface area (Å²) in [6.07, 6.45) is 3.18. The Kier molecular flexibility index (Phi) is 4.21. The molecule has 0 fully saturated rings. The molecule has 0 saturated heterocycles. The van der Waals surface area contributed by atoms with Gasteiger partial charge in [-0.05, 0) is 23.3 Å². The molecule has 5 nitrogen and oxygen atoms in total. The number of hydrogen-bond acceptors (Lipinski definition) is 3. The quantitative estimate of drug-likeness (QED) is 0.669. The molecule has 0 bridgehead atoms. The number of carboxylic acid groups (broad SMARTS) is 1. The third-order valence-electron chi connectivity index (χ3n) is 2.79. The van der Waals surface area contributed by atoms with Gasteiger partial charge in [-0.25, -0.2) is 4.79 Å². The number of carbonyl (C=O) groups is 1. The van der Waals surface area contributed by atoms with E-state index in [1.165, 1.54) is 18.2 Å². The second-order valence-corrected chi connectivity index (χ2v) is 5.67. The predicted molar refractivity (Wildman–Crippen MR) is 78.6 cm³/mol. The number of hydrogen-bond donors (Lipinski definition) is 2. The molecule has 0 aliphatic heterocycles. The summed E-state index contributed by atoms with van der Waals surface area (Å²) in [5, 5.41) is 8.88. The van der Waals surface area contributed by atoms with Crippen LogP contribution in [0.4, 0.5) is 0 Å². The maximum atomic E-state index is 11.4. The van der Waals surface area contributed by atoms with E-state index in [4.69, 9.17) is 5.11 Å². The van der Waals surface area contributed by atoms with Crippen molar-refractivity contribution in [1.29, 1.82) is 0 Å². The third kappa shape index (κ3) is 3.77. The zero-order valence-electron chi connectivity index (χ0n) is 10.8. The molecule has 0 heterocycles. The van der Waals surface area contributed by atoms with Gasteiger partial charge in [0.1, 0.15) is 4.90 Å². The molecule has 0 saturated carbocycles. The molecule has 2 aromatic carbocycles. The summed E-state index contributed by atoms with van der Waals surface area (Å²) in [4.78, 5) is 10.4. The smallest absolute Gasteiger partial charge is 0.335 e. The lowest BCUT2D eigenvalue weighted by Gasteiger charge is -2.04. The second-order valence-electron chi connectivity index (χ2n) is 4.28. The van der Waals surface area contributed by atoms with Crippen LogP contribution in [-0.4, -0.2) is 24.0 Å². The van der Waals surface area contributed by atoms with E-state index in [-0.39, 0.29) is 11.1 Å². The highest BCUT2D eigenvalue weighted by molar-refractivity contribution is 7.86. The molecule has 0 aromatic heterocycles. The van der Waals surface area contributed by atoms with Gasteiger partial charge in [0.25, 0.3) is 10.1 Å². The van der Waals surface area contributed by atoms with Crippen molar-refractivity contribution in [2.24, 2.45) is 0 Å². The zero-order valence-corrected chi connectivity index (χ0v) is 11.6. The Morgan fingerprint density at radius 1 is 1.00 bits per heavy atom. The fourth-order valence-electron chi connectivity index (χ4n) is 1.78. The molecule has 0 amide bonds. The first-order chi connectivity index (χ1) is 9.88. The Balaban J connectivity index is 2.49. The summed E-state index contributed by atoms with van der Waals surface area (Å²) >= 11 is 0. The lowest BCUT2D eigenvalue weighted by molar-refractivity contribution is 0.0696. The fraction of sp³-hybridized carbons (Fsp3) is 0. The maximum absolute atomic E-state index is 11.4. The normalized spacial score (nSPS) is 11.7. The number of benzene rings is 2.